The van der Waals surface area contributed by atoms with Crippen molar-refractivity contribution in [3.05, 3.63) is 58.2 Å². The summed E-state index contributed by atoms with van der Waals surface area (Å²) in [5.41, 5.74) is -2.32. The van der Waals surface area contributed by atoms with Crippen LogP contribution in [-0.2, 0) is 16.2 Å². The molecule has 1 aliphatic carbocycles. The third-order valence-corrected chi connectivity index (χ3v) is 7.08. The molecule has 2 aliphatic rings. The van der Waals surface area contributed by atoms with E-state index >= 15 is 0 Å². The molecule has 0 amide bonds. The van der Waals surface area contributed by atoms with Gasteiger partial charge in [-0.25, -0.2) is 8.42 Å². The summed E-state index contributed by atoms with van der Waals surface area (Å²) in [6.45, 7) is 0.340. The molecule has 0 spiro atoms. The predicted octanol–water partition coefficient (Wildman–Crippen LogP) is 4.15. The Bertz CT molecular complexity index is 905. The van der Waals surface area contributed by atoms with E-state index in [0.29, 0.717) is 25.0 Å². The molecule has 6 nitrogen and oxygen atoms in total. The number of nitrogens with zero attached hydrogens (tertiary/aromatic N) is 2. The van der Waals surface area contributed by atoms with Crippen molar-refractivity contribution in [2.75, 3.05) is 13.1 Å². The second kappa shape index (κ2) is 7.67. The Morgan fingerprint density at radius 2 is 1.71 bits per heavy atom. The number of nitro groups is 1. The van der Waals surface area contributed by atoms with Gasteiger partial charge in [-0.1, -0.05) is 24.3 Å². The number of hydrogen-bond donors (Lipinski definition) is 0. The summed E-state index contributed by atoms with van der Waals surface area (Å²) in [5, 5.41) is 11.2. The van der Waals surface area contributed by atoms with Crippen LogP contribution in [0.15, 0.2) is 47.4 Å². The standard InChI is InChI=1S/C18H19F3N2O4S/c19-18(20,21)15-6-7-17(16(12-15)23(24)25)28(26,27)22-10-8-14(9-11-22)13-4-2-1-3-5-13/h2-7,12-14H,1,8-11H2. The van der Waals surface area contributed by atoms with Gasteiger partial charge in [0.05, 0.1) is 10.5 Å². The third kappa shape index (κ3) is 4.12. The number of nitro benzene ring substituents is 1. The first-order chi connectivity index (χ1) is 13.1. The minimum Gasteiger partial charge on any atom is -0.258 e. The molecule has 1 aliphatic heterocycles. The van der Waals surface area contributed by atoms with Crippen LogP contribution < -0.4 is 0 Å². The molecule has 0 saturated carbocycles. The molecule has 10 heteroatoms. The molecule has 0 bridgehead atoms. The van der Waals surface area contributed by atoms with Crippen molar-refractivity contribution in [1.82, 2.24) is 4.31 Å². The van der Waals surface area contributed by atoms with Crippen LogP contribution in [0.1, 0.15) is 24.8 Å². The maximum atomic E-state index is 12.9. The number of halogens is 3. The quantitative estimate of drug-likeness (QED) is 0.420. The van der Waals surface area contributed by atoms with Crippen molar-refractivity contribution in [1.29, 1.82) is 0 Å². The summed E-state index contributed by atoms with van der Waals surface area (Å²) < 4.78 is 65.4. The number of piperidine rings is 1. The highest BCUT2D eigenvalue weighted by Gasteiger charge is 2.38. The van der Waals surface area contributed by atoms with Gasteiger partial charge >= 0.3 is 6.18 Å². The zero-order valence-electron chi connectivity index (χ0n) is 14.8. The van der Waals surface area contributed by atoms with E-state index < -0.39 is 37.3 Å². The molecule has 0 radical (unpaired) electrons. The van der Waals surface area contributed by atoms with Crippen molar-refractivity contribution in [2.45, 2.75) is 30.3 Å². The van der Waals surface area contributed by atoms with Gasteiger partial charge in [0.25, 0.3) is 5.69 Å². The van der Waals surface area contributed by atoms with Crippen molar-refractivity contribution in [2.24, 2.45) is 11.8 Å². The number of rotatable bonds is 4. The Kier molecular flexibility index (Phi) is 5.62. The molecule has 0 atom stereocenters. The molecule has 1 saturated heterocycles. The van der Waals surface area contributed by atoms with Crippen LogP contribution in [-0.4, -0.2) is 30.7 Å². The minimum atomic E-state index is -4.80. The van der Waals surface area contributed by atoms with E-state index in [1.165, 1.54) is 0 Å². The Hall–Kier alpha value is -2.20. The van der Waals surface area contributed by atoms with Gasteiger partial charge in [-0.05, 0) is 43.2 Å². The Morgan fingerprint density at radius 1 is 1.11 bits per heavy atom. The van der Waals surface area contributed by atoms with E-state index in [1.54, 1.807) is 0 Å². The van der Waals surface area contributed by atoms with Crippen LogP contribution in [0.3, 0.4) is 0 Å². The highest BCUT2D eigenvalue weighted by molar-refractivity contribution is 7.89. The molecular weight excluding hydrogens is 397 g/mol. The van der Waals surface area contributed by atoms with Crippen LogP contribution >= 0.6 is 0 Å². The lowest BCUT2D eigenvalue weighted by Crippen LogP contribution is -2.40. The van der Waals surface area contributed by atoms with Crippen LogP contribution in [0.25, 0.3) is 0 Å². The van der Waals surface area contributed by atoms with E-state index in [-0.39, 0.29) is 31.0 Å². The Morgan fingerprint density at radius 3 is 2.25 bits per heavy atom. The topological polar surface area (TPSA) is 80.5 Å². The maximum absolute atomic E-state index is 12.9. The fraction of sp³-hybridized carbons (Fsp3) is 0.444. The maximum Gasteiger partial charge on any atom is 0.416 e. The van der Waals surface area contributed by atoms with Crippen molar-refractivity contribution in [3.8, 4) is 0 Å². The smallest absolute Gasteiger partial charge is 0.258 e. The van der Waals surface area contributed by atoms with Gasteiger partial charge in [0.1, 0.15) is 0 Å². The average Bonchev–Trinajstić information content (AvgIpc) is 2.67. The average molecular weight is 416 g/mol. The van der Waals surface area contributed by atoms with Gasteiger partial charge in [-0.15, -0.1) is 0 Å². The Labute approximate surface area is 160 Å². The molecule has 152 valence electrons. The predicted molar refractivity (Wildman–Crippen MR) is 96.0 cm³/mol. The number of allylic oxidation sites excluding steroid dienone is 4. The lowest BCUT2D eigenvalue weighted by atomic mass is 9.83. The summed E-state index contributed by atoms with van der Waals surface area (Å²) in [5.74, 6) is 0.501. The molecule has 28 heavy (non-hydrogen) atoms. The molecule has 1 aromatic carbocycles. The first-order valence-corrected chi connectivity index (χ1v) is 10.2. The summed E-state index contributed by atoms with van der Waals surface area (Å²) in [4.78, 5) is 9.43. The summed E-state index contributed by atoms with van der Waals surface area (Å²) in [7, 11) is -4.27. The summed E-state index contributed by atoms with van der Waals surface area (Å²) >= 11 is 0. The summed E-state index contributed by atoms with van der Waals surface area (Å²) in [6.07, 6.45) is 5.53. The molecule has 1 heterocycles. The molecule has 3 rings (SSSR count). The monoisotopic (exact) mass is 416 g/mol. The molecule has 0 aromatic heterocycles. The van der Waals surface area contributed by atoms with E-state index in [4.69, 9.17) is 0 Å². The SMILES string of the molecule is O=[N+]([O-])c1cc(C(F)(F)F)ccc1S(=O)(=O)N1CCC(C2C=CCC=C2)CC1. The lowest BCUT2D eigenvalue weighted by molar-refractivity contribution is -0.388. The zero-order valence-corrected chi connectivity index (χ0v) is 15.6. The molecule has 1 fully saturated rings. The highest BCUT2D eigenvalue weighted by atomic mass is 32.2. The number of hydrogen-bond acceptors (Lipinski definition) is 4. The Balaban J connectivity index is 1.83. The van der Waals surface area contributed by atoms with Gasteiger partial charge in [0, 0.05) is 19.2 Å². The van der Waals surface area contributed by atoms with Crippen LogP contribution in [0.5, 0.6) is 0 Å². The lowest BCUT2D eigenvalue weighted by Gasteiger charge is -2.34. The minimum absolute atomic E-state index is 0.170. The molecular formula is C18H19F3N2O4S. The van der Waals surface area contributed by atoms with Crippen LogP contribution in [0.4, 0.5) is 18.9 Å². The summed E-state index contributed by atoms with van der Waals surface area (Å²) in [6, 6.07) is 1.51. The van der Waals surface area contributed by atoms with E-state index in [2.05, 4.69) is 24.3 Å². The second-order valence-electron chi connectivity index (χ2n) is 6.85. The number of benzene rings is 1. The molecule has 1 aromatic rings. The van der Waals surface area contributed by atoms with Gasteiger partial charge < -0.3 is 0 Å². The molecule has 0 N–H and O–H groups in total. The normalized spacial score (nSPS) is 19.8. The van der Waals surface area contributed by atoms with E-state index in [9.17, 15) is 31.7 Å². The van der Waals surface area contributed by atoms with Crippen LogP contribution in [0, 0.1) is 22.0 Å². The van der Waals surface area contributed by atoms with Gasteiger partial charge in [0.15, 0.2) is 4.90 Å². The number of alkyl halides is 3. The van der Waals surface area contributed by atoms with E-state index in [0.717, 1.165) is 10.7 Å². The van der Waals surface area contributed by atoms with Gasteiger partial charge in [-0.2, -0.15) is 17.5 Å². The largest absolute Gasteiger partial charge is 0.416 e. The zero-order chi connectivity index (χ0) is 20.5. The van der Waals surface area contributed by atoms with Crippen molar-refractivity contribution < 1.29 is 26.5 Å². The van der Waals surface area contributed by atoms with Gasteiger partial charge in [-0.3, -0.25) is 10.1 Å². The van der Waals surface area contributed by atoms with Crippen LogP contribution in [0.2, 0.25) is 0 Å². The fourth-order valence-corrected chi connectivity index (χ4v) is 5.23. The first kappa shape index (κ1) is 20.5. The van der Waals surface area contributed by atoms with E-state index in [1.807, 2.05) is 0 Å². The van der Waals surface area contributed by atoms with Crippen molar-refractivity contribution in [3.63, 3.8) is 0 Å². The highest BCUT2D eigenvalue weighted by Crippen LogP contribution is 2.37. The second-order valence-corrected chi connectivity index (χ2v) is 8.75. The third-order valence-electron chi connectivity index (χ3n) is 5.13. The molecule has 0 unspecified atom stereocenters. The fourth-order valence-electron chi connectivity index (χ4n) is 3.62. The number of sulfonamides is 1. The first-order valence-electron chi connectivity index (χ1n) is 8.80. The van der Waals surface area contributed by atoms with Crippen molar-refractivity contribution >= 4 is 15.7 Å². The van der Waals surface area contributed by atoms with Gasteiger partial charge in [0.2, 0.25) is 10.0 Å².